The van der Waals surface area contributed by atoms with E-state index in [1.807, 2.05) is 24.3 Å². The average Bonchev–Trinajstić information content (AvgIpc) is 2.85. The van der Waals surface area contributed by atoms with Crippen LogP contribution in [0.2, 0.25) is 0 Å². The van der Waals surface area contributed by atoms with Crippen LogP contribution in [0.5, 0.6) is 5.75 Å². The number of hydrogen-bond donors (Lipinski definition) is 1. The quantitative estimate of drug-likeness (QED) is 0.274. The van der Waals surface area contributed by atoms with E-state index in [1.165, 1.54) is 12.1 Å². The molecule has 0 unspecified atom stereocenters. The normalized spacial score (nSPS) is 15.2. The summed E-state index contributed by atoms with van der Waals surface area (Å²) in [4.78, 5) is 26.4. The fourth-order valence-electron chi connectivity index (χ4n) is 4.61. The number of amides is 1. The molecule has 7 heteroatoms. The second-order valence-corrected chi connectivity index (χ2v) is 8.65. The maximum Gasteiger partial charge on any atom is 0.269 e. The summed E-state index contributed by atoms with van der Waals surface area (Å²) in [6.07, 6.45) is 5.48. The summed E-state index contributed by atoms with van der Waals surface area (Å²) in [5, 5.41) is 14.1. The van der Waals surface area contributed by atoms with Gasteiger partial charge in [-0.05, 0) is 62.2 Å². The molecule has 1 aliphatic rings. The Balaban J connectivity index is 1.63. The van der Waals surface area contributed by atoms with Gasteiger partial charge in [0.2, 0.25) is 5.91 Å². The van der Waals surface area contributed by atoms with Gasteiger partial charge in [0.25, 0.3) is 5.69 Å². The van der Waals surface area contributed by atoms with Crippen LogP contribution < -0.4 is 10.1 Å². The molecule has 0 heterocycles. The van der Waals surface area contributed by atoms with Gasteiger partial charge in [0, 0.05) is 24.4 Å². The lowest BCUT2D eigenvalue weighted by atomic mass is 9.68. The maximum absolute atomic E-state index is 13.4. The van der Waals surface area contributed by atoms with E-state index in [0.29, 0.717) is 6.61 Å². The fraction of sp³-hybridized carbons (Fsp3) is 0.500. The fourth-order valence-corrected chi connectivity index (χ4v) is 4.61. The second kappa shape index (κ2) is 11.8. The highest BCUT2D eigenvalue weighted by Crippen LogP contribution is 2.41. The molecule has 1 N–H and O–H groups in total. The Labute approximate surface area is 196 Å². The van der Waals surface area contributed by atoms with E-state index in [9.17, 15) is 14.9 Å². The third-order valence-electron chi connectivity index (χ3n) is 6.67. The van der Waals surface area contributed by atoms with Gasteiger partial charge in [-0.15, -0.1) is 0 Å². The zero-order chi connectivity index (χ0) is 23.7. The molecular weight excluding hydrogens is 418 g/mol. The topological polar surface area (TPSA) is 84.7 Å². The van der Waals surface area contributed by atoms with Crippen molar-refractivity contribution in [3.8, 4) is 5.75 Å². The Morgan fingerprint density at radius 2 is 1.67 bits per heavy atom. The molecule has 0 saturated heterocycles. The van der Waals surface area contributed by atoms with Crippen LogP contribution in [0.4, 0.5) is 11.4 Å². The van der Waals surface area contributed by atoms with Gasteiger partial charge < -0.3 is 15.0 Å². The molecule has 178 valence electrons. The molecule has 1 saturated carbocycles. The van der Waals surface area contributed by atoms with Gasteiger partial charge >= 0.3 is 0 Å². The minimum atomic E-state index is -0.660. The van der Waals surface area contributed by atoms with E-state index in [0.717, 1.165) is 75.2 Å². The molecule has 1 amide bonds. The Morgan fingerprint density at radius 1 is 1.03 bits per heavy atom. The molecule has 0 aromatic heterocycles. The number of carbonyl (C=O) groups excluding carboxylic acids is 1. The molecule has 0 aliphatic heterocycles. The third-order valence-corrected chi connectivity index (χ3v) is 6.67. The van der Waals surface area contributed by atoms with Crippen molar-refractivity contribution >= 4 is 17.3 Å². The van der Waals surface area contributed by atoms with Crippen LogP contribution in [0.25, 0.3) is 0 Å². The predicted molar refractivity (Wildman–Crippen MR) is 131 cm³/mol. The van der Waals surface area contributed by atoms with Crippen LogP contribution in [0.1, 0.15) is 57.9 Å². The summed E-state index contributed by atoms with van der Waals surface area (Å²) in [6.45, 7) is 8.10. The first-order valence-electron chi connectivity index (χ1n) is 12.0. The SMILES string of the molecule is CCN(CC)CCCOc1ccc(NC(=O)C2(c3ccc([N+](=O)[O-])cc3)CCCCC2)cc1. The lowest BCUT2D eigenvalue weighted by molar-refractivity contribution is -0.384. The van der Waals surface area contributed by atoms with Crippen LogP contribution >= 0.6 is 0 Å². The van der Waals surface area contributed by atoms with Gasteiger partial charge in [-0.25, -0.2) is 0 Å². The molecule has 33 heavy (non-hydrogen) atoms. The van der Waals surface area contributed by atoms with Gasteiger partial charge in [-0.1, -0.05) is 45.2 Å². The summed E-state index contributed by atoms with van der Waals surface area (Å²) < 4.78 is 5.85. The zero-order valence-electron chi connectivity index (χ0n) is 19.7. The van der Waals surface area contributed by atoms with Crippen LogP contribution in [-0.2, 0) is 10.2 Å². The van der Waals surface area contributed by atoms with Crippen LogP contribution in [0.3, 0.4) is 0 Å². The number of anilines is 1. The minimum Gasteiger partial charge on any atom is -0.494 e. The highest BCUT2D eigenvalue weighted by Gasteiger charge is 2.41. The molecule has 0 radical (unpaired) electrons. The van der Waals surface area contributed by atoms with E-state index in [4.69, 9.17) is 4.74 Å². The second-order valence-electron chi connectivity index (χ2n) is 8.65. The molecule has 1 fully saturated rings. The van der Waals surface area contributed by atoms with E-state index in [-0.39, 0.29) is 11.6 Å². The molecular formula is C26H35N3O4. The van der Waals surface area contributed by atoms with Gasteiger partial charge in [-0.2, -0.15) is 0 Å². The summed E-state index contributed by atoms with van der Waals surface area (Å²) in [7, 11) is 0. The summed E-state index contributed by atoms with van der Waals surface area (Å²) >= 11 is 0. The number of benzene rings is 2. The molecule has 7 nitrogen and oxygen atoms in total. The Kier molecular flexibility index (Phi) is 8.83. The molecule has 2 aromatic rings. The number of rotatable bonds is 11. The van der Waals surface area contributed by atoms with E-state index in [2.05, 4.69) is 24.1 Å². The number of nitrogens with one attached hydrogen (secondary N) is 1. The number of hydrogen-bond acceptors (Lipinski definition) is 5. The zero-order valence-corrected chi connectivity index (χ0v) is 19.7. The third kappa shape index (κ3) is 6.32. The number of non-ortho nitro benzene ring substituents is 1. The van der Waals surface area contributed by atoms with Gasteiger partial charge in [-0.3, -0.25) is 14.9 Å². The van der Waals surface area contributed by atoms with Crippen molar-refractivity contribution in [3.63, 3.8) is 0 Å². The van der Waals surface area contributed by atoms with E-state index in [1.54, 1.807) is 12.1 Å². The Bertz CT molecular complexity index is 902. The molecule has 1 aliphatic carbocycles. The van der Waals surface area contributed by atoms with Gasteiger partial charge in [0.15, 0.2) is 0 Å². The lowest BCUT2D eigenvalue weighted by Gasteiger charge is -2.36. The van der Waals surface area contributed by atoms with Crippen molar-refractivity contribution in [1.29, 1.82) is 0 Å². The number of nitrogens with zero attached hydrogens (tertiary/aromatic N) is 2. The first kappa shape index (κ1) is 24.7. The monoisotopic (exact) mass is 453 g/mol. The largest absolute Gasteiger partial charge is 0.494 e. The van der Waals surface area contributed by atoms with Crippen molar-refractivity contribution < 1.29 is 14.5 Å². The Morgan fingerprint density at radius 3 is 2.24 bits per heavy atom. The van der Waals surface area contributed by atoms with Crippen LogP contribution in [0.15, 0.2) is 48.5 Å². The molecule has 0 bridgehead atoms. The van der Waals surface area contributed by atoms with Crippen molar-refractivity contribution in [1.82, 2.24) is 4.90 Å². The smallest absolute Gasteiger partial charge is 0.269 e. The predicted octanol–water partition coefficient (Wildman–Crippen LogP) is 5.55. The van der Waals surface area contributed by atoms with Crippen molar-refractivity contribution in [2.24, 2.45) is 0 Å². The Hall–Kier alpha value is -2.93. The summed E-state index contributed by atoms with van der Waals surface area (Å²) in [5.41, 5.74) is 0.950. The molecule has 0 spiro atoms. The number of nitro benzene ring substituents is 1. The first-order chi connectivity index (χ1) is 16.0. The van der Waals surface area contributed by atoms with Gasteiger partial charge in [0.05, 0.1) is 16.9 Å². The molecule has 2 aromatic carbocycles. The number of nitro groups is 1. The standard InChI is InChI=1S/C26H35N3O4/c1-3-28(4-2)19-8-20-33-24-15-11-22(12-16-24)27-25(30)26(17-6-5-7-18-26)21-9-13-23(14-10-21)29(31)32/h9-16H,3-8,17-20H2,1-2H3,(H,27,30). The van der Waals surface area contributed by atoms with Gasteiger partial charge in [0.1, 0.15) is 5.75 Å². The molecule has 3 rings (SSSR count). The van der Waals surface area contributed by atoms with Crippen molar-refractivity contribution in [3.05, 3.63) is 64.2 Å². The molecule has 0 atom stereocenters. The van der Waals surface area contributed by atoms with Crippen LogP contribution in [0, 0.1) is 10.1 Å². The highest BCUT2D eigenvalue weighted by molar-refractivity contribution is 5.99. The average molecular weight is 454 g/mol. The highest BCUT2D eigenvalue weighted by atomic mass is 16.6. The maximum atomic E-state index is 13.4. The van der Waals surface area contributed by atoms with Crippen molar-refractivity contribution in [2.45, 2.75) is 57.8 Å². The summed E-state index contributed by atoms with van der Waals surface area (Å²) in [5.74, 6) is 0.735. The lowest BCUT2D eigenvalue weighted by Crippen LogP contribution is -2.42. The van der Waals surface area contributed by atoms with Crippen LogP contribution in [-0.4, -0.2) is 42.0 Å². The van der Waals surface area contributed by atoms with E-state index < -0.39 is 10.3 Å². The summed E-state index contributed by atoms with van der Waals surface area (Å²) in [6, 6.07) is 13.9. The number of ether oxygens (including phenoxy) is 1. The first-order valence-corrected chi connectivity index (χ1v) is 12.0. The van der Waals surface area contributed by atoms with E-state index >= 15 is 0 Å². The van der Waals surface area contributed by atoms with Crippen molar-refractivity contribution in [2.75, 3.05) is 31.6 Å². The number of carbonyl (C=O) groups is 1. The minimum absolute atomic E-state index is 0.0396.